The van der Waals surface area contributed by atoms with Gasteiger partial charge in [-0.25, -0.2) is 0 Å². The molecule has 6 heteroatoms. The van der Waals surface area contributed by atoms with E-state index in [4.69, 9.17) is 22.7 Å². The van der Waals surface area contributed by atoms with Crippen molar-refractivity contribution in [2.45, 2.75) is 0 Å². The molecule has 3 N–H and O–H groups in total. The number of rotatable bonds is 5. The normalized spacial score (nSPS) is 9.89. The zero-order chi connectivity index (χ0) is 13.7. The van der Waals surface area contributed by atoms with Gasteiger partial charge in [0, 0.05) is 10.9 Å². The van der Waals surface area contributed by atoms with E-state index in [1.807, 2.05) is 16.8 Å². The second kappa shape index (κ2) is 6.31. The Hall–Kier alpha value is -1.92. The lowest BCUT2D eigenvalue weighted by Gasteiger charge is -2.07. The summed E-state index contributed by atoms with van der Waals surface area (Å²) in [6.45, 7) is -0.0394. The highest BCUT2D eigenvalue weighted by atomic mass is 32.1. The fourth-order valence-corrected chi connectivity index (χ4v) is 2.12. The average Bonchev–Trinajstić information content (AvgIpc) is 2.89. The van der Waals surface area contributed by atoms with Gasteiger partial charge >= 0.3 is 0 Å². The predicted molar refractivity (Wildman–Crippen MR) is 80.8 cm³/mol. The average molecular weight is 292 g/mol. The number of benzene rings is 1. The molecule has 0 unspecified atom stereocenters. The van der Waals surface area contributed by atoms with Gasteiger partial charge in [-0.05, 0) is 35.7 Å². The van der Waals surface area contributed by atoms with Crippen molar-refractivity contribution in [1.29, 1.82) is 0 Å². The van der Waals surface area contributed by atoms with Crippen molar-refractivity contribution in [1.82, 2.24) is 0 Å². The molecule has 1 heterocycles. The first-order valence-electron chi connectivity index (χ1n) is 5.50. The minimum absolute atomic E-state index is 0.0394. The van der Waals surface area contributed by atoms with Crippen LogP contribution in [0.3, 0.4) is 0 Å². The number of thiocarbonyl (C=S) groups is 1. The van der Waals surface area contributed by atoms with E-state index in [0.717, 1.165) is 11.3 Å². The molecule has 2 aromatic rings. The lowest BCUT2D eigenvalue weighted by atomic mass is 10.2. The predicted octanol–water partition coefficient (Wildman–Crippen LogP) is 2.40. The van der Waals surface area contributed by atoms with Crippen molar-refractivity contribution in [3.63, 3.8) is 0 Å². The molecule has 0 aliphatic rings. The summed E-state index contributed by atoms with van der Waals surface area (Å²) >= 11 is 6.37. The lowest BCUT2D eigenvalue weighted by molar-refractivity contribution is -0.118. The third kappa shape index (κ3) is 4.04. The number of hydrogen-bond acceptors (Lipinski definition) is 4. The van der Waals surface area contributed by atoms with Gasteiger partial charge in [-0.15, -0.1) is 0 Å². The summed E-state index contributed by atoms with van der Waals surface area (Å²) in [4.78, 5) is 11.9. The van der Waals surface area contributed by atoms with Crippen LogP contribution in [0.5, 0.6) is 5.75 Å². The van der Waals surface area contributed by atoms with Gasteiger partial charge in [0.1, 0.15) is 10.7 Å². The van der Waals surface area contributed by atoms with Crippen LogP contribution in [0, 0.1) is 0 Å². The second-order valence-electron chi connectivity index (χ2n) is 3.74. The summed E-state index contributed by atoms with van der Waals surface area (Å²) in [6.07, 6.45) is 0. The molecule has 0 radical (unpaired) electrons. The van der Waals surface area contributed by atoms with Crippen molar-refractivity contribution in [2.24, 2.45) is 5.73 Å². The Morgan fingerprint density at radius 1 is 1.32 bits per heavy atom. The fourth-order valence-electron chi connectivity index (χ4n) is 1.40. The van der Waals surface area contributed by atoms with E-state index in [9.17, 15) is 4.79 Å². The van der Waals surface area contributed by atoms with Crippen LogP contribution in [-0.4, -0.2) is 17.5 Å². The second-order valence-corrected chi connectivity index (χ2v) is 4.96. The van der Waals surface area contributed by atoms with Crippen LogP contribution in [-0.2, 0) is 4.79 Å². The summed E-state index contributed by atoms with van der Waals surface area (Å²) in [5.41, 5.74) is 7.04. The highest BCUT2D eigenvalue weighted by Crippen LogP contribution is 2.13. The summed E-state index contributed by atoms with van der Waals surface area (Å²) < 4.78 is 5.36. The van der Waals surface area contributed by atoms with Crippen LogP contribution < -0.4 is 15.8 Å². The molecule has 1 aromatic heterocycles. The maximum Gasteiger partial charge on any atom is 0.262 e. The van der Waals surface area contributed by atoms with Gasteiger partial charge in [0.15, 0.2) is 6.61 Å². The third-order valence-corrected chi connectivity index (χ3v) is 3.23. The van der Waals surface area contributed by atoms with E-state index in [0.29, 0.717) is 10.7 Å². The van der Waals surface area contributed by atoms with E-state index in [2.05, 4.69) is 5.32 Å². The smallest absolute Gasteiger partial charge is 0.262 e. The lowest BCUT2D eigenvalue weighted by Crippen LogP contribution is -2.19. The van der Waals surface area contributed by atoms with Crippen LogP contribution in [0.4, 0.5) is 5.69 Å². The van der Waals surface area contributed by atoms with Crippen LogP contribution in [0.15, 0.2) is 41.1 Å². The van der Waals surface area contributed by atoms with E-state index in [1.165, 1.54) is 11.3 Å². The van der Waals surface area contributed by atoms with Gasteiger partial charge in [-0.3, -0.25) is 4.79 Å². The quantitative estimate of drug-likeness (QED) is 0.831. The van der Waals surface area contributed by atoms with Crippen molar-refractivity contribution in [2.75, 3.05) is 11.9 Å². The molecule has 0 spiro atoms. The van der Waals surface area contributed by atoms with Crippen molar-refractivity contribution >= 4 is 40.1 Å². The number of amides is 1. The molecule has 0 saturated carbocycles. The number of carbonyl (C=O) groups is 1. The van der Waals surface area contributed by atoms with E-state index in [-0.39, 0.29) is 12.5 Å². The topological polar surface area (TPSA) is 64.3 Å². The Morgan fingerprint density at radius 2 is 2.05 bits per heavy atom. The molecule has 1 aromatic carbocycles. The van der Waals surface area contributed by atoms with Crippen LogP contribution >= 0.6 is 23.6 Å². The number of carbonyl (C=O) groups excluding carboxylic acids is 1. The van der Waals surface area contributed by atoms with Crippen molar-refractivity contribution < 1.29 is 9.53 Å². The molecule has 98 valence electrons. The molecule has 0 aliphatic heterocycles. The maximum absolute atomic E-state index is 11.6. The van der Waals surface area contributed by atoms with Gasteiger partial charge in [-0.1, -0.05) is 12.2 Å². The number of nitrogens with one attached hydrogen (secondary N) is 1. The van der Waals surface area contributed by atoms with Crippen LogP contribution in [0.1, 0.15) is 5.56 Å². The first kappa shape index (κ1) is 13.5. The number of anilines is 1. The molecule has 2 rings (SSSR count). The monoisotopic (exact) mass is 292 g/mol. The largest absolute Gasteiger partial charge is 0.484 e. The minimum Gasteiger partial charge on any atom is -0.484 e. The number of hydrogen-bond donors (Lipinski definition) is 2. The molecule has 0 saturated heterocycles. The van der Waals surface area contributed by atoms with Gasteiger partial charge in [-0.2, -0.15) is 11.3 Å². The van der Waals surface area contributed by atoms with E-state index >= 15 is 0 Å². The van der Waals surface area contributed by atoms with Crippen molar-refractivity contribution in [3.8, 4) is 5.75 Å². The maximum atomic E-state index is 11.6. The molecule has 19 heavy (non-hydrogen) atoms. The number of thiophene rings is 1. The van der Waals surface area contributed by atoms with E-state index < -0.39 is 0 Å². The molecule has 1 amide bonds. The van der Waals surface area contributed by atoms with Crippen LogP contribution in [0.25, 0.3) is 0 Å². The SMILES string of the molecule is NC(=S)c1ccc(OCC(=O)Nc2ccsc2)cc1. The summed E-state index contributed by atoms with van der Waals surface area (Å²) in [6, 6.07) is 8.81. The highest BCUT2D eigenvalue weighted by Gasteiger charge is 2.04. The molecule has 0 fully saturated rings. The first-order chi connectivity index (χ1) is 9.15. The summed E-state index contributed by atoms with van der Waals surface area (Å²) in [7, 11) is 0. The van der Waals surface area contributed by atoms with Gasteiger partial charge in [0.25, 0.3) is 5.91 Å². The Labute approximate surface area is 120 Å². The molecule has 0 bridgehead atoms. The highest BCUT2D eigenvalue weighted by molar-refractivity contribution is 7.80. The summed E-state index contributed by atoms with van der Waals surface area (Å²) in [5, 5.41) is 6.48. The Morgan fingerprint density at radius 3 is 2.63 bits per heavy atom. The molecule has 0 atom stereocenters. The first-order valence-corrected chi connectivity index (χ1v) is 6.85. The zero-order valence-corrected chi connectivity index (χ0v) is 11.6. The number of ether oxygens (including phenoxy) is 1. The third-order valence-electron chi connectivity index (χ3n) is 2.31. The Balaban J connectivity index is 1.84. The van der Waals surface area contributed by atoms with Crippen molar-refractivity contribution in [3.05, 3.63) is 46.7 Å². The molecule has 4 nitrogen and oxygen atoms in total. The minimum atomic E-state index is -0.197. The van der Waals surface area contributed by atoms with E-state index in [1.54, 1.807) is 24.3 Å². The summed E-state index contributed by atoms with van der Waals surface area (Å²) in [5.74, 6) is 0.400. The van der Waals surface area contributed by atoms with Gasteiger partial charge in [0.05, 0.1) is 5.69 Å². The Bertz CT molecular complexity index is 565. The molecular formula is C13H12N2O2S2. The molecule has 0 aliphatic carbocycles. The molecular weight excluding hydrogens is 280 g/mol. The Kier molecular flexibility index (Phi) is 4.48. The number of nitrogens with two attached hydrogens (primary N) is 1. The van der Waals surface area contributed by atoms with Gasteiger partial charge < -0.3 is 15.8 Å². The van der Waals surface area contributed by atoms with Crippen LogP contribution in [0.2, 0.25) is 0 Å². The fraction of sp³-hybridized carbons (Fsp3) is 0.0769. The standard InChI is InChI=1S/C13H12N2O2S2/c14-13(18)9-1-3-11(4-2-9)17-7-12(16)15-10-5-6-19-8-10/h1-6,8H,7H2,(H2,14,18)(H,15,16). The zero-order valence-electron chi connectivity index (χ0n) is 9.96. The van der Waals surface area contributed by atoms with Gasteiger partial charge in [0.2, 0.25) is 0 Å².